The van der Waals surface area contributed by atoms with Crippen molar-refractivity contribution in [2.24, 2.45) is 5.92 Å². The van der Waals surface area contributed by atoms with E-state index < -0.39 is 0 Å². The molecule has 0 saturated carbocycles. The van der Waals surface area contributed by atoms with Crippen molar-refractivity contribution in [2.75, 3.05) is 6.61 Å². The molecule has 1 heterocycles. The van der Waals surface area contributed by atoms with Gasteiger partial charge in [-0.2, -0.15) is 0 Å². The van der Waals surface area contributed by atoms with Crippen LogP contribution in [0.1, 0.15) is 36.0 Å². The molecule has 0 fully saturated rings. The fourth-order valence-electron chi connectivity index (χ4n) is 4.14. The summed E-state index contributed by atoms with van der Waals surface area (Å²) in [6.45, 7) is 2.26. The summed E-state index contributed by atoms with van der Waals surface area (Å²) in [5.74, 6) is 1.63. The Morgan fingerprint density at radius 1 is 1.19 bits per heavy atom. The van der Waals surface area contributed by atoms with Crippen LogP contribution < -0.4 is 4.74 Å². The first-order chi connectivity index (χ1) is 10.3. The van der Waals surface area contributed by atoms with Crippen molar-refractivity contribution in [3.05, 3.63) is 52.1 Å². The Balaban J connectivity index is 1.94. The van der Waals surface area contributed by atoms with Gasteiger partial charge in [0.25, 0.3) is 0 Å². The molecule has 0 amide bonds. The molecule has 0 saturated heterocycles. The van der Waals surface area contributed by atoms with Gasteiger partial charge in [-0.3, -0.25) is 0 Å². The number of allylic oxidation sites excluding steroid dienone is 2. The smallest absolute Gasteiger partial charge is 0.133 e. The number of aliphatic hydroxyl groups excluding tert-OH is 2. The minimum atomic E-state index is -0.0919. The molecule has 3 nitrogen and oxygen atoms in total. The van der Waals surface area contributed by atoms with Crippen LogP contribution in [0.15, 0.2) is 35.4 Å². The van der Waals surface area contributed by atoms with E-state index in [4.69, 9.17) is 4.74 Å². The van der Waals surface area contributed by atoms with Crippen LogP contribution in [-0.4, -0.2) is 22.9 Å². The summed E-state index contributed by atoms with van der Waals surface area (Å²) in [6, 6.07) is 4.13. The number of aliphatic hydroxyl groups is 2. The van der Waals surface area contributed by atoms with Gasteiger partial charge in [0.2, 0.25) is 0 Å². The zero-order chi connectivity index (χ0) is 14.6. The van der Waals surface area contributed by atoms with Crippen LogP contribution in [0, 0.1) is 5.92 Å². The highest BCUT2D eigenvalue weighted by Gasteiger charge is 2.46. The second kappa shape index (κ2) is 4.72. The Labute approximate surface area is 124 Å². The number of hydrogen-bond donors (Lipinski definition) is 2. The van der Waals surface area contributed by atoms with E-state index in [1.807, 2.05) is 12.1 Å². The van der Waals surface area contributed by atoms with E-state index in [0.717, 1.165) is 29.7 Å². The average molecular weight is 284 g/mol. The average Bonchev–Trinajstić information content (AvgIpc) is 2.93. The zero-order valence-electron chi connectivity index (χ0n) is 12.2. The van der Waals surface area contributed by atoms with E-state index in [2.05, 4.69) is 19.1 Å². The fraction of sp³-hybridized carbons (Fsp3) is 0.444. The predicted molar refractivity (Wildman–Crippen MR) is 80.3 cm³/mol. The first kappa shape index (κ1) is 13.1. The third-order valence-electron chi connectivity index (χ3n) is 5.22. The Kier molecular flexibility index (Phi) is 2.95. The van der Waals surface area contributed by atoms with Crippen LogP contribution in [0.2, 0.25) is 0 Å². The van der Waals surface area contributed by atoms with Crippen LogP contribution in [0.5, 0.6) is 5.75 Å². The van der Waals surface area contributed by atoms with Gasteiger partial charge in [0.1, 0.15) is 11.9 Å². The van der Waals surface area contributed by atoms with Gasteiger partial charge in [-0.25, -0.2) is 0 Å². The third-order valence-corrected chi connectivity index (χ3v) is 5.22. The molecule has 110 valence electrons. The number of benzene rings is 1. The monoisotopic (exact) mass is 284 g/mol. The van der Waals surface area contributed by atoms with Gasteiger partial charge in [0.15, 0.2) is 0 Å². The molecule has 0 aromatic heterocycles. The van der Waals surface area contributed by atoms with Gasteiger partial charge in [0.05, 0.1) is 19.1 Å². The Morgan fingerprint density at radius 2 is 2.05 bits per heavy atom. The minimum Gasteiger partial charge on any atom is -0.484 e. The SMILES string of the molecule is CC[C@@H]1Cc2ccc(CO)c3c2C2C1=CC=C(CO)[C@@H]2O3. The maximum Gasteiger partial charge on any atom is 0.133 e. The predicted octanol–water partition coefficient (Wildman–Crippen LogP) is 2.46. The lowest BCUT2D eigenvalue weighted by atomic mass is 9.68. The molecule has 21 heavy (non-hydrogen) atoms. The maximum atomic E-state index is 9.61. The molecule has 4 rings (SSSR count). The van der Waals surface area contributed by atoms with Crippen molar-refractivity contribution >= 4 is 0 Å². The molecule has 1 unspecified atom stereocenters. The molecule has 1 aromatic rings. The van der Waals surface area contributed by atoms with Gasteiger partial charge in [0, 0.05) is 11.1 Å². The molecule has 3 heteroatoms. The van der Waals surface area contributed by atoms with Crippen molar-refractivity contribution in [3.8, 4) is 5.75 Å². The summed E-state index contributed by atoms with van der Waals surface area (Å²) in [5, 5.41) is 19.2. The summed E-state index contributed by atoms with van der Waals surface area (Å²) < 4.78 is 6.19. The van der Waals surface area contributed by atoms with Crippen molar-refractivity contribution < 1.29 is 14.9 Å². The normalized spacial score (nSPS) is 28.6. The zero-order valence-corrected chi connectivity index (χ0v) is 12.2. The largest absolute Gasteiger partial charge is 0.484 e. The summed E-state index contributed by atoms with van der Waals surface area (Å²) >= 11 is 0. The Morgan fingerprint density at radius 3 is 2.76 bits per heavy atom. The first-order valence-corrected chi connectivity index (χ1v) is 7.72. The quantitative estimate of drug-likeness (QED) is 0.896. The Bertz CT molecular complexity index is 657. The number of rotatable bonds is 3. The summed E-state index contributed by atoms with van der Waals surface area (Å²) in [5.41, 5.74) is 5.82. The van der Waals surface area contributed by atoms with Crippen molar-refractivity contribution in [1.29, 1.82) is 0 Å². The Hall–Kier alpha value is -1.58. The maximum absolute atomic E-state index is 9.61. The highest BCUT2D eigenvalue weighted by atomic mass is 16.5. The van der Waals surface area contributed by atoms with Gasteiger partial charge in [-0.1, -0.05) is 36.8 Å². The molecule has 0 radical (unpaired) electrons. The molecule has 1 aromatic carbocycles. The van der Waals surface area contributed by atoms with Crippen molar-refractivity contribution in [1.82, 2.24) is 0 Å². The van der Waals surface area contributed by atoms with Crippen molar-refractivity contribution in [3.63, 3.8) is 0 Å². The highest BCUT2D eigenvalue weighted by Crippen LogP contribution is 2.55. The summed E-state index contributed by atoms with van der Waals surface area (Å²) in [4.78, 5) is 0. The van der Waals surface area contributed by atoms with Crippen LogP contribution in [0.4, 0.5) is 0 Å². The molecule has 3 atom stereocenters. The van der Waals surface area contributed by atoms with E-state index in [-0.39, 0.29) is 25.2 Å². The lowest BCUT2D eigenvalue weighted by molar-refractivity contribution is 0.207. The number of ether oxygens (including phenoxy) is 1. The molecule has 1 aliphatic heterocycles. The fourth-order valence-corrected chi connectivity index (χ4v) is 4.14. The highest BCUT2D eigenvalue weighted by molar-refractivity contribution is 5.60. The van der Waals surface area contributed by atoms with Crippen molar-refractivity contribution in [2.45, 2.75) is 38.4 Å². The second-order valence-corrected chi connectivity index (χ2v) is 6.18. The van der Waals surface area contributed by atoms with Gasteiger partial charge >= 0.3 is 0 Å². The van der Waals surface area contributed by atoms with E-state index in [0.29, 0.717) is 5.92 Å². The van der Waals surface area contributed by atoms with E-state index in [1.165, 1.54) is 16.7 Å². The third kappa shape index (κ3) is 1.68. The van der Waals surface area contributed by atoms with E-state index in [1.54, 1.807) is 0 Å². The summed E-state index contributed by atoms with van der Waals surface area (Å²) in [7, 11) is 0. The van der Waals surface area contributed by atoms with Crippen LogP contribution >= 0.6 is 0 Å². The van der Waals surface area contributed by atoms with Gasteiger partial charge < -0.3 is 14.9 Å². The standard InChI is InChI=1S/C18H20O3/c1-2-10-7-11-3-4-12(8-19)17-15(11)16-14(10)6-5-13(9-20)18(16)21-17/h3-6,10,16,18-20H,2,7-9H2,1H3/t10-,16?,18+/m1/s1. The minimum absolute atomic E-state index is 0.00349. The van der Waals surface area contributed by atoms with Crippen LogP contribution in [-0.2, 0) is 13.0 Å². The molecule has 2 N–H and O–H groups in total. The first-order valence-electron chi connectivity index (χ1n) is 7.72. The molecular weight excluding hydrogens is 264 g/mol. The molecule has 0 spiro atoms. The molecular formula is C18H20O3. The lowest BCUT2D eigenvalue weighted by Gasteiger charge is -2.35. The van der Waals surface area contributed by atoms with E-state index in [9.17, 15) is 10.2 Å². The van der Waals surface area contributed by atoms with Gasteiger partial charge in [-0.05, 0) is 29.9 Å². The van der Waals surface area contributed by atoms with Crippen LogP contribution in [0.3, 0.4) is 0 Å². The second-order valence-electron chi connectivity index (χ2n) is 6.18. The topological polar surface area (TPSA) is 49.7 Å². The van der Waals surface area contributed by atoms with E-state index >= 15 is 0 Å². The molecule has 0 bridgehead atoms. The summed E-state index contributed by atoms with van der Waals surface area (Å²) in [6.07, 6.45) is 6.28. The molecule has 2 aliphatic carbocycles. The molecule has 3 aliphatic rings. The lowest BCUT2D eigenvalue weighted by Crippen LogP contribution is -2.32. The number of hydrogen-bond acceptors (Lipinski definition) is 3. The van der Waals surface area contributed by atoms with Gasteiger partial charge in [-0.15, -0.1) is 0 Å². The van der Waals surface area contributed by atoms with Crippen LogP contribution in [0.25, 0.3) is 0 Å².